The van der Waals surface area contributed by atoms with E-state index in [0.29, 0.717) is 12.0 Å². The lowest BCUT2D eigenvalue weighted by molar-refractivity contribution is -0.120. The fourth-order valence-electron chi connectivity index (χ4n) is 4.53. The van der Waals surface area contributed by atoms with Gasteiger partial charge in [-0.05, 0) is 38.8 Å². The van der Waals surface area contributed by atoms with Crippen LogP contribution in [0.1, 0.15) is 45.9 Å². The van der Waals surface area contributed by atoms with Crippen LogP contribution in [0.3, 0.4) is 0 Å². The first-order valence-corrected chi connectivity index (χ1v) is 14.8. The number of nitrogens with two attached hydrogens (primary N) is 2. The van der Waals surface area contributed by atoms with E-state index in [1.807, 2.05) is 0 Å². The Balaban J connectivity index is 1.58. The molecule has 6 N–H and O–H groups in total. The molecule has 4 rings (SSSR count). The van der Waals surface area contributed by atoms with Gasteiger partial charge in [0.1, 0.15) is 40.6 Å². The number of aliphatic hydroxyl groups excluding tert-OH is 1. The third-order valence-electron chi connectivity index (χ3n) is 7.06. The molecule has 41 heavy (non-hydrogen) atoms. The lowest BCUT2D eigenvalue weighted by atomic mass is 9.96. The maximum atomic E-state index is 14.0. The highest BCUT2D eigenvalue weighted by Gasteiger charge is 2.54. The number of hydrogen-bond acceptors (Lipinski definition) is 13. The van der Waals surface area contributed by atoms with Crippen molar-refractivity contribution in [1.29, 1.82) is 0 Å². The standard InChI is InChI=1S/C26H35N6O8P/c1-14(16(3)34)12-41(37,40-18-8-6-5-7-17(18)10-9-15(2)33)38-11-19-21(35)26(4,36)24(39-19)32-13-29-20-22(27)30-25(28)31-23(20)32/h5-8,13-14,19,21,24,35-36H,9-12H2,1-4H3,(H4,27,28,30,31)/t14-,19+,21-,24+,26?,41?/m0/s1. The Labute approximate surface area is 236 Å². The average molecular weight is 591 g/mol. The van der Waals surface area contributed by atoms with Crippen molar-refractivity contribution in [3.8, 4) is 5.75 Å². The summed E-state index contributed by atoms with van der Waals surface area (Å²) in [6, 6.07) is 6.81. The molecule has 222 valence electrons. The Morgan fingerprint density at radius 3 is 2.63 bits per heavy atom. The Morgan fingerprint density at radius 1 is 1.24 bits per heavy atom. The predicted molar refractivity (Wildman–Crippen MR) is 149 cm³/mol. The van der Waals surface area contributed by atoms with E-state index < -0.39 is 44.2 Å². The first-order valence-electron chi connectivity index (χ1n) is 13.0. The summed E-state index contributed by atoms with van der Waals surface area (Å²) in [7, 11) is -4.03. The van der Waals surface area contributed by atoms with Crippen molar-refractivity contribution in [2.45, 2.75) is 64.6 Å². The van der Waals surface area contributed by atoms with Crippen LogP contribution in [0.15, 0.2) is 30.6 Å². The minimum absolute atomic E-state index is 0.0130. The summed E-state index contributed by atoms with van der Waals surface area (Å²) in [5.74, 6) is -0.716. The smallest absolute Gasteiger partial charge is 0.380 e. The van der Waals surface area contributed by atoms with Crippen molar-refractivity contribution in [2.24, 2.45) is 5.92 Å². The molecule has 6 atom stereocenters. The van der Waals surface area contributed by atoms with Crippen molar-refractivity contribution in [3.63, 3.8) is 0 Å². The van der Waals surface area contributed by atoms with E-state index in [9.17, 15) is 24.4 Å². The molecule has 1 saturated heterocycles. The van der Waals surface area contributed by atoms with Crippen LogP contribution in [0, 0.1) is 5.92 Å². The van der Waals surface area contributed by atoms with Crippen LogP contribution in [0.4, 0.5) is 11.8 Å². The maximum absolute atomic E-state index is 14.0. The molecule has 0 amide bonds. The number of para-hydroxylation sites is 1. The zero-order chi connectivity index (χ0) is 30.1. The van der Waals surface area contributed by atoms with E-state index >= 15 is 0 Å². The van der Waals surface area contributed by atoms with Crippen LogP contribution >= 0.6 is 7.60 Å². The van der Waals surface area contributed by atoms with Gasteiger partial charge in [0.25, 0.3) is 0 Å². The van der Waals surface area contributed by atoms with Gasteiger partial charge in [0.15, 0.2) is 17.7 Å². The van der Waals surface area contributed by atoms with Gasteiger partial charge in [0.05, 0.1) is 19.1 Å². The first-order chi connectivity index (χ1) is 19.2. The molecule has 2 unspecified atom stereocenters. The second kappa shape index (κ2) is 11.8. The third kappa shape index (κ3) is 6.57. The number of hydrogen-bond donors (Lipinski definition) is 4. The van der Waals surface area contributed by atoms with Crippen molar-refractivity contribution >= 4 is 42.1 Å². The molecular formula is C26H35N6O8P. The summed E-state index contributed by atoms with van der Waals surface area (Å²) in [5, 5.41) is 22.2. The summed E-state index contributed by atoms with van der Waals surface area (Å²) in [6.45, 7) is 5.37. The number of aryl methyl sites for hydroxylation is 1. The van der Waals surface area contributed by atoms with Crippen molar-refractivity contribution in [2.75, 3.05) is 24.2 Å². The monoisotopic (exact) mass is 590 g/mol. The molecule has 0 spiro atoms. The molecule has 0 bridgehead atoms. The fourth-order valence-corrected chi connectivity index (χ4v) is 6.54. The predicted octanol–water partition coefficient (Wildman–Crippen LogP) is 2.04. The van der Waals surface area contributed by atoms with Crippen molar-refractivity contribution in [3.05, 3.63) is 36.2 Å². The number of anilines is 2. The number of imidazole rings is 1. The van der Waals surface area contributed by atoms with Gasteiger partial charge < -0.3 is 35.7 Å². The van der Waals surface area contributed by atoms with Crippen LogP contribution in [0.2, 0.25) is 0 Å². The normalized spacial score (nSPS) is 24.7. The number of aliphatic hydroxyl groups is 2. The van der Waals surface area contributed by atoms with Gasteiger partial charge in [-0.25, -0.2) is 9.55 Å². The lowest BCUT2D eigenvalue weighted by Crippen LogP contribution is -2.44. The topological polar surface area (TPSA) is 215 Å². The summed E-state index contributed by atoms with van der Waals surface area (Å²) >= 11 is 0. The van der Waals surface area contributed by atoms with E-state index in [4.69, 9.17) is 25.3 Å². The molecule has 1 aliphatic heterocycles. The summed E-state index contributed by atoms with van der Waals surface area (Å²) in [6.07, 6.45) is -2.16. The molecule has 1 aromatic carbocycles. The largest absolute Gasteiger partial charge is 0.424 e. The van der Waals surface area contributed by atoms with Gasteiger partial charge in [-0.2, -0.15) is 9.97 Å². The van der Waals surface area contributed by atoms with Crippen LogP contribution in [0.5, 0.6) is 5.75 Å². The quantitative estimate of drug-likeness (QED) is 0.222. The zero-order valence-corrected chi connectivity index (χ0v) is 24.2. The molecule has 3 aromatic rings. The number of fused-ring (bicyclic) bond motifs is 1. The van der Waals surface area contributed by atoms with Crippen LogP contribution in [-0.4, -0.2) is 71.9 Å². The van der Waals surface area contributed by atoms with Crippen molar-refractivity contribution in [1.82, 2.24) is 19.5 Å². The van der Waals surface area contributed by atoms with E-state index in [1.54, 1.807) is 31.2 Å². The van der Waals surface area contributed by atoms with Crippen LogP contribution < -0.4 is 16.0 Å². The molecule has 3 heterocycles. The number of rotatable bonds is 12. The first kappa shape index (κ1) is 30.5. The number of nitrogen functional groups attached to an aromatic ring is 2. The molecule has 14 nitrogen and oxygen atoms in total. The lowest BCUT2D eigenvalue weighted by Gasteiger charge is -2.27. The number of ether oxygens (including phenoxy) is 1. The molecule has 0 radical (unpaired) electrons. The zero-order valence-electron chi connectivity index (χ0n) is 23.3. The highest BCUT2D eigenvalue weighted by molar-refractivity contribution is 7.54. The Hall–Kier alpha value is -3.42. The fraction of sp³-hybridized carbons (Fsp3) is 0.500. The van der Waals surface area contributed by atoms with Crippen LogP contribution in [0.25, 0.3) is 11.2 Å². The van der Waals surface area contributed by atoms with Gasteiger partial charge in [-0.3, -0.25) is 13.9 Å². The van der Waals surface area contributed by atoms with Crippen LogP contribution in [-0.2, 0) is 29.8 Å². The highest BCUT2D eigenvalue weighted by Crippen LogP contribution is 2.52. The molecule has 1 aliphatic rings. The number of nitrogens with zero attached hydrogens (tertiary/aromatic N) is 4. The number of carbonyl (C=O) groups is 2. The van der Waals surface area contributed by atoms with Gasteiger partial charge in [-0.1, -0.05) is 25.1 Å². The molecule has 2 aromatic heterocycles. The van der Waals surface area contributed by atoms with E-state index in [2.05, 4.69) is 15.0 Å². The third-order valence-corrected chi connectivity index (χ3v) is 9.07. The number of aromatic nitrogens is 4. The summed E-state index contributed by atoms with van der Waals surface area (Å²) < 4.78 is 33.1. The number of carbonyl (C=O) groups excluding carboxylic acids is 2. The Morgan fingerprint density at radius 2 is 1.95 bits per heavy atom. The Bertz CT molecular complexity index is 1490. The second-order valence-corrected chi connectivity index (χ2v) is 12.5. The van der Waals surface area contributed by atoms with E-state index in [-0.39, 0.29) is 52.8 Å². The highest BCUT2D eigenvalue weighted by atomic mass is 31.2. The second-order valence-electron chi connectivity index (χ2n) is 10.5. The average Bonchev–Trinajstić information content (AvgIpc) is 3.40. The van der Waals surface area contributed by atoms with Gasteiger partial charge in [0, 0.05) is 12.3 Å². The van der Waals surface area contributed by atoms with Crippen molar-refractivity contribution < 1.29 is 38.2 Å². The molecule has 1 fully saturated rings. The summed E-state index contributed by atoms with van der Waals surface area (Å²) in [5.41, 5.74) is 10.8. The van der Waals surface area contributed by atoms with Gasteiger partial charge in [0.2, 0.25) is 5.95 Å². The van der Waals surface area contributed by atoms with Gasteiger partial charge in [-0.15, -0.1) is 0 Å². The maximum Gasteiger partial charge on any atom is 0.380 e. The minimum Gasteiger partial charge on any atom is -0.424 e. The van der Waals surface area contributed by atoms with Gasteiger partial charge >= 0.3 is 7.60 Å². The SMILES string of the molecule is CC(=O)CCc1ccccc1OP(=O)(C[C@H](C)C(C)=O)OC[C@H]1O[C@@H](n2cnc3c(N)nc(N)nc32)C(C)(O)[C@H]1O. The number of benzene rings is 1. The van der Waals surface area contributed by atoms with E-state index in [1.165, 1.54) is 31.7 Å². The molecule has 0 aliphatic carbocycles. The summed E-state index contributed by atoms with van der Waals surface area (Å²) in [4.78, 5) is 35.8. The van der Waals surface area contributed by atoms with E-state index in [0.717, 1.165) is 0 Å². The molecule has 0 saturated carbocycles. The molecule has 15 heteroatoms. The Kier molecular flexibility index (Phi) is 8.81. The number of Topliss-reactive ketones (excluding diaryl/α,β-unsaturated/α-hetero) is 2. The molecular weight excluding hydrogens is 555 g/mol. The minimum atomic E-state index is -4.03. The number of ketones is 2.